The number of nitrogens with one attached hydrogen (secondary N) is 1. The highest BCUT2D eigenvalue weighted by molar-refractivity contribution is 5.74. The van der Waals surface area contributed by atoms with Crippen molar-refractivity contribution < 1.29 is 28.5 Å². The van der Waals surface area contributed by atoms with Crippen molar-refractivity contribution in [1.82, 2.24) is 10.2 Å². The predicted octanol–water partition coefficient (Wildman–Crippen LogP) is 3.64. The fraction of sp³-hybridized carbons (Fsp3) is 0.240. The number of ether oxygens (including phenoxy) is 5. The largest absolute Gasteiger partial charge is 0.494 e. The lowest BCUT2D eigenvalue weighted by Crippen LogP contribution is -2.21. The molecule has 2 aromatic carbocycles. The number of allylic oxidation sites excluding steroid dienone is 1. The predicted molar refractivity (Wildman–Crippen MR) is 125 cm³/mol. The molecule has 2 heterocycles. The van der Waals surface area contributed by atoms with Gasteiger partial charge in [-0.3, -0.25) is 9.89 Å². The first-order valence-corrected chi connectivity index (χ1v) is 10.7. The van der Waals surface area contributed by atoms with E-state index in [1.54, 1.807) is 12.1 Å². The first-order chi connectivity index (χ1) is 16.9. The number of rotatable bonds is 7. The minimum absolute atomic E-state index is 0.0586. The summed E-state index contributed by atoms with van der Waals surface area (Å²) < 4.78 is 27.5. The topological polar surface area (TPSA) is 142 Å². The van der Waals surface area contributed by atoms with Gasteiger partial charge < -0.3 is 29.4 Å². The highest BCUT2D eigenvalue weighted by Gasteiger charge is 2.37. The SMILES string of the molecule is CCOc1ccc(-c2[nH]nc3c2[C@H](c2cc(OC)c(OC(C)=O)c(OC)c2)C(C#N)=C(N)O3)cc1. The molecule has 4 rings (SSSR count). The van der Waals surface area contributed by atoms with Crippen LogP contribution in [0.1, 0.15) is 30.9 Å². The van der Waals surface area contributed by atoms with Gasteiger partial charge in [0.2, 0.25) is 17.5 Å². The van der Waals surface area contributed by atoms with Gasteiger partial charge in [0.1, 0.15) is 17.4 Å². The maximum atomic E-state index is 11.6. The normalized spacial score (nSPS) is 14.4. The highest BCUT2D eigenvalue weighted by Crippen LogP contribution is 2.49. The molecule has 1 atom stereocenters. The third kappa shape index (κ3) is 4.31. The summed E-state index contributed by atoms with van der Waals surface area (Å²) in [5, 5.41) is 17.3. The van der Waals surface area contributed by atoms with Crippen molar-refractivity contribution in [3.05, 3.63) is 59.0 Å². The number of aromatic nitrogens is 2. The van der Waals surface area contributed by atoms with E-state index in [2.05, 4.69) is 16.3 Å². The summed E-state index contributed by atoms with van der Waals surface area (Å²) in [5.74, 6) is 0.362. The smallest absolute Gasteiger partial charge is 0.308 e. The van der Waals surface area contributed by atoms with Crippen molar-refractivity contribution >= 4 is 5.97 Å². The van der Waals surface area contributed by atoms with Crippen LogP contribution in [0.2, 0.25) is 0 Å². The number of fused-ring (bicyclic) bond motifs is 1. The van der Waals surface area contributed by atoms with Gasteiger partial charge >= 0.3 is 5.97 Å². The Labute approximate surface area is 201 Å². The molecule has 1 aliphatic rings. The number of nitrogens with two attached hydrogens (primary N) is 1. The fourth-order valence-electron chi connectivity index (χ4n) is 3.99. The van der Waals surface area contributed by atoms with Crippen molar-refractivity contribution in [3.8, 4) is 46.2 Å². The molecule has 10 heteroatoms. The van der Waals surface area contributed by atoms with Gasteiger partial charge in [0, 0.05) is 12.5 Å². The van der Waals surface area contributed by atoms with E-state index >= 15 is 0 Å². The van der Waals surface area contributed by atoms with E-state index in [9.17, 15) is 10.1 Å². The summed E-state index contributed by atoms with van der Waals surface area (Å²) in [6.07, 6.45) is 0. The van der Waals surface area contributed by atoms with Crippen LogP contribution in [0.5, 0.6) is 28.9 Å². The third-order valence-electron chi connectivity index (χ3n) is 5.45. The second-order valence-corrected chi connectivity index (χ2v) is 7.55. The molecule has 0 unspecified atom stereocenters. The van der Waals surface area contributed by atoms with E-state index in [0.717, 1.165) is 11.3 Å². The van der Waals surface area contributed by atoms with E-state index < -0.39 is 11.9 Å². The average molecular weight is 476 g/mol. The molecule has 0 saturated carbocycles. The quantitative estimate of drug-likeness (QED) is 0.386. The summed E-state index contributed by atoms with van der Waals surface area (Å²) >= 11 is 0. The maximum absolute atomic E-state index is 11.6. The number of nitrogens with zero attached hydrogens (tertiary/aromatic N) is 2. The molecule has 10 nitrogen and oxygen atoms in total. The number of hydrogen-bond acceptors (Lipinski definition) is 9. The molecule has 35 heavy (non-hydrogen) atoms. The number of hydrogen-bond donors (Lipinski definition) is 2. The molecule has 0 saturated heterocycles. The molecule has 0 fully saturated rings. The summed E-state index contributed by atoms with van der Waals surface area (Å²) in [5.41, 5.74) is 8.97. The summed E-state index contributed by atoms with van der Waals surface area (Å²) in [4.78, 5) is 11.6. The Bertz CT molecular complexity index is 1310. The van der Waals surface area contributed by atoms with Crippen molar-refractivity contribution in [3.63, 3.8) is 0 Å². The standard InChI is InChI=1S/C25H24N4O6/c1-5-33-16-8-6-14(7-9-16)22-21-20(17(12-26)24(27)35-25(21)29-28-22)15-10-18(31-3)23(34-13(2)30)19(11-15)32-4/h6-11,20H,5,27H2,1-4H3,(H,28,29)/t20-/m1/s1. The van der Waals surface area contributed by atoms with Crippen LogP contribution in [0.25, 0.3) is 11.3 Å². The van der Waals surface area contributed by atoms with Gasteiger partial charge in [-0.05, 0) is 48.9 Å². The number of nitriles is 1. The van der Waals surface area contributed by atoms with Gasteiger partial charge in [-0.2, -0.15) is 5.26 Å². The Morgan fingerprint density at radius 3 is 2.40 bits per heavy atom. The molecule has 3 N–H and O–H groups in total. The minimum Gasteiger partial charge on any atom is -0.494 e. The maximum Gasteiger partial charge on any atom is 0.308 e. The Balaban J connectivity index is 1.91. The molecule has 0 amide bonds. The number of methoxy groups -OCH3 is 2. The van der Waals surface area contributed by atoms with Gasteiger partial charge in [-0.1, -0.05) is 0 Å². The zero-order valence-corrected chi connectivity index (χ0v) is 19.7. The van der Waals surface area contributed by atoms with Gasteiger partial charge in [0.25, 0.3) is 0 Å². The van der Waals surface area contributed by atoms with Crippen molar-refractivity contribution in [2.75, 3.05) is 20.8 Å². The van der Waals surface area contributed by atoms with Crippen LogP contribution >= 0.6 is 0 Å². The van der Waals surface area contributed by atoms with E-state index in [-0.39, 0.29) is 34.6 Å². The van der Waals surface area contributed by atoms with Gasteiger partial charge in [0.15, 0.2) is 11.5 Å². The van der Waals surface area contributed by atoms with Crippen LogP contribution in [0.3, 0.4) is 0 Å². The fourth-order valence-corrected chi connectivity index (χ4v) is 3.99. The van der Waals surface area contributed by atoms with Crippen LogP contribution in [0.15, 0.2) is 47.9 Å². The van der Waals surface area contributed by atoms with Crippen LogP contribution < -0.4 is 29.4 Å². The molecule has 0 radical (unpaired) electrons. The zero-order valence-electron chi connectivity index (χ0n) is 19.7. The van der Waals surface area contributed by atoms with Crippen molar-refractivity contribution in [2.24, 2.45) is 5.73 Å². The van der Waals surface area contributed by atoms with Crippen molar-refractivity contribution in [1.29, 1.82) is 5.26 Å². The number of esters is 1. The lowest BCUT2D eigenvalue weighted by atomic mass is 9.82. The van der Waals surface area contributed by atoms with Crippen LogP contribution in [-0.2, 0) is 4.79 Å². The number of carbonyl (C=O) groups excluding carboxylic acids is 1. The minimum atomic E-state index is -0.668. The molecule has 1 aromatic heterocycles. The molecule has 0 bridgehead atoms. The zero-order chi connectivity index (χ0) is 25.1. The lowest BCUT2D eigenvalue weighted by Gasteiger charge is -2.25. The Kier molecular flexibility index (Phi) is 6.51. The second-order valence-electron chi connectivity index (χ2n) is 7.55. The second kappa shape index (κ2) is 9.69. The Hall–Kier alpha value is -4.65. The first kappa shape index (κ1) is 23.5. The molecule has 3 aromatic rings. The molecular weight excluding hydrogens is 452 g/mol. The number of carbonyl (C=O) groups is 1. The van der Waals surface area contributed by atoms with Gasteiger partial charge in [-0.25, -0.2) is 0 Å². The average Bonchev–Trinajstić information content (AvgIpc) is 3.26. The number of benzene rings is 2. The Morgan fingerprint density at radius 1 is 1.20 bits per heavy atom. The van der Waals surface area contributed by atoms with Crippen molar-refractivity contribution in [2.45, 2.75) is 19.8 Å². The lowest BCUT2D eigenvalue weighted by molar-refractivity contribution is -0.132. The van der Waals surface area contributed by atoms with Crippen LogP contribution in [0, 0.1) is 11.3 Å². The summed E-state index contributed by atoms with van der Waals surface area (Å²) in [7, 11) is 2.89. The van der Waals surface area contributed by atoms with Crippen LogP contribution in [0.4, 0.5) is 0 Å². The molecule has 180 valence electrons. The first-order valence-electron chi connectivity index (χ1n) is 10.7. The molecular formula is C25H24N4O6. The number of H-pyrrole nitrogens is 1. The molecule has 1 aliphatic heterocycles. The third-order valence-corrected chi connectivity index (χ3v) is 5.45. The van der Waals surface area contributed by atoms with E-state index in [1.807, 2.05) is 31.2 Å². The molecule has 0 spiro atoms. The van der Waals surface area contributed by atoms with Crippen LogP contribution in [-0.4, -0.2) is 37.0 Å². The van der Waals surface area contributed by atoms with E-state index in [1.165, 1.54) is 21.1 Å². The number of aromatic amines is 1. The van der Waals surface area contributed by atoms with Gasteiger partial charge in [0.05, 0.1) is 38.0 Å². The summed E-state index contributed by atoms with van der Waals surface area (Å²) in [6.45, 7) is 3.75. The summed E-state index contributed by atoms with van der Waals surface area (Å²) in [6, 6.07) is 13.0. The highest BCUT2D eigenvalue weighted by atomic mass is 16.6. The molecule has 0 aliphatic carbocycles. The van der Waals surface area contributed by atoms with E-state index in [0.29, 0.717) is 23.4 Å². The Morgan fingerprint density at radius 2 is 1.86 bits per heavy atom. The van der Waals surface area contributed by atoms with E-state index in [4.69, 9.17) is 29.4 Å². The van der Waals surface area contributed by atoms with Gasteiger partial charge in [-0.15, -0.1) is 5.10 Å². The monoisotopic (exact) mass is 476 g/mol.